The summed E-state index contributed by atoms with van der Waals surface area (Å²) < 4.78 is 10.6. The van der Waals surface area contributed by atoms with Crippen LogP contribution in [0.15, 0.2) is 53.1 Å². The standard InChI is InChI=1S/C22H21NO4S/c1-14-9-10-16-18(12-14)28-21(19(16)20(24)17-8-5-11-26-17)23-22(25)27-13-15-6-3-2-4-7-15/h2-8,11,14H,9-10,12-13H2,1H3,(H,23,25). The number of hydrogen-bond donors (Lipinski definition) is 1. The van der Waals surface area contributed by atoms with Crippen LogP contribution in [0.1, 0.15) is 45.5 Å². The minimum Gasteiger partial charge on any atom is -0.461 e. The van der Waals surface area contributed by atoms with E-state index in [1.54, 1.807) is 12.1 Å². The van der Waals surface area contributed by atoms with E-state index in [1.165, 1.54) is 17.6 Å². The molecule has 6 heteroatoms. The number of fused-ring (bicyclic) bond motifs is 1. The molecule has 1 N–H and O–H groups in total. The normalized spacial score (nSPS) is 15.7. The van der Waals surface area contributed by atoms with Gasteiger partial charge in [0.1, 0.15) is 11.6 Å². The second-order valence-electron chi connectivity index (χ2n) is 7.05. The van der Waals surface area contributed by atoms with Crippen LogP contribution in [0, 0.1) is 5.92 Å². The highest BCUT2D eigenvalue weighted by Crippen LogP contribution is 2.40. The molecular weight excluding hydrogens is 374 g/mol. The van der Waals surface area contributed by atoms with Crippen LogP contribution in [0.5, 0.6) is 0 Å². The van der Waals surface area contributed by atoms with Crippen LogP contribution in [-0.2, 0) is 24.2 Å². The quantitative estimate of drug-likeness (QED) is 0.584. The highest BCUT2D eigenvalue weighted by atomic mass is 32.1. The third kappa shape index (κ3) is 3.87. The number of carbonyl (C=O) groups excluding carboxylic acids is 2. The Balaban J connectivity index is 1.57. The minimum atomic E-state index is -0.566. The molecular formula is C22H21NO4S. The van der Waals surface area contributed by atoms with Gasteiger partial charge in [-0.05, 0) is 48.4 Å². The number of nitrogens with one attached hydrogen (secondary N) is 1. The molecule has 0 fully saturated rings. The molecule has 144 valence electrons. The highest BCUT2D eigenvalue weighted by molar-refractivity contribution is 7.17. The van der Waals surface area contributed by atoms with E-state index >= 15 is 0 Å². The molecule has 0 radical (unpaired) electrons. The van der Waals surface area contributed by atoms with Crippen LogP contribution in [0.25, 0.3) is 0 Å². The second kappa shape index (κ2) is 8.02. The van der Waals surface area contributed by atoms with Gasteiger partial charge in [-0.2, -0.15) is 0 Å². The van der Waals surface area contributed by atoms with Gasteiger partial charge in [-0.3, -0.25) is 10.1 Å². The van der Waals surface area contributed by atoms with Gasteiger partial charge in [0.05, 0.1) is 11.8 Å². The Morgan fingerprint density at radius 3 is 2.79 bits per heavy atom. The summed E-state index contributed by atoms with van der Waals surface area (Å²) >= 11 is 1.47. The average molecular weight is 395 g/mol. The molecule has 0 saturated carbocycles. The van der Waals surface area contributed by atoms with Gasteiger partial charge in [-0.25, -0.2) is 4.79 Å². The Hall–Kier alpha value is -2.86. The summed E-state index contributed by atoms with van der Waals surface area (Å²) in [6.07, 6.45) is 3.69. The lowest BCUT2D eigenvalue weighted by molar-refractivity contribution is 0.101. The molecule has 3 aromatic rings. The fraction of sp³-hybridized carbons (Fsp3) is 0.273. The molecule has 0 spiro atoms. The average Bonchev–Trinajstić information content (AvgIpc) is 3.34. The second-order valence-corrected chi connectivity index (χ2v) is 8.15. The smallest absolute Gasteiger partial charge is 0.412 e. The fourth-order valence-corrected chi connectivity index (χ4v) is 4.86. The van der Waals surface area contributed by atoms with Crippen LogP contribution in [0.3, 0.4) is 0 Å². The van der Waals surface area contributed by atoms with Crippen LogP contribution >= 0.6 is 11.3 Å². The molecule has 1 unspecified atom stereocenters. The minimum absolute atomic E-state index is 0.177. The first-order valence-corrected chi connectivity index (χ1v) is 10.1. The van der Waals surface area contributed by atoms with E-state index in [1.807, 2.05) is 30.3 Å². The van der Waals surface area contributed by atoms with Crippen molar-refractivity contribution in [3.63, 3.8) is 0 Å². The van der Waals surface area contributed by atoms with Crippen molar-refractivity contribution in [2.75, 3.05) is 5.32 Å². The van der Waals surface area contributed by atoms with Gasteiger partial charge < -0.3 is 9.15 Å². The van der Waals surface area contributed by atoms with Gasteiger partial charge in [-0.1, -0.05) is 37.3 Å². The molecule has 1 aliphatic rings. The maximum absolute atomic E-state index is 13.0. The van der Waals surface area contributed by atoms with E-state index in [2.05, 4.69) is 12.2 Å². The maximum Gasteiger partial charge on any atom is 0.412 e. The summed E-state index contributed by atoms with van der Waals surface area (Å²) in [6, 6.07) is 12.8. The molecule has 2 heterocycles. The van der Waals surface area contributed by atoms with E-state index in [-0.39, 0.29) is 18.2 Å². The first kappa shape index (κ1) is 18.5. The van der Waals surface area contributed by atoms with Gasteiger partial charge in [-0.15, -0.1) is 11.3 Å². The zero-order valence-corrected chi connectivity index (χ0v) is 16.4. The van der Waals surface area contributed by atoms with E-state index in [0.29, 0.717) is 16.5 Å². The molecule has 2 aromatic heterocycles. The third-order valence-electron chi connectivity index (χ3n) is 4.91. The number of ether oxygens (including phenoxy) is 1. The maximum atomic E-state index is 13.0. The number of thiophene rings is 1. The highest BCUT2D eigenvalue weighted by Gasteiger charge is 2.30. The summed E-state index contributed by atoms with van der Waals surface area (Å²) in [5.41, 5.74) is 2.48. The Morgan fingerprint density at radius 2 is 2.04 bits per heavy atom. The number of anilines is 1. The molecule has 1 aliphatic carbocycles. The van der Waals surface area contributed by atoms with Crippen molar-refractivity contribution < 1.29 is 18.7 Å². The number of amides is 1. The number of hydrogen-bond acceptors (Lipinski definition) is 5. The number of ketones is 1. The van der Waals surface area contributed by atoms with E-state index < -0.39 is 6.09 Å². The molecule has 0 aliphatic heterocycles. The predicted molar refractivity (Wildman–Crippen MR) is 108 cm³/mol. The lowest BCUT2D eigenvalue weighted by atomic mass is 9.87. The Labute approximate surface area is 167 Å². The Bertz CT molecular complexity index is 976. The molecule has 4 rings (SSSR count). The first-order chi connectivity index (χ1) is 13.6. The van der Waals surface area contributed by atoms with Gasteiger partial charge in [0.25, 0.3) is 0 Å². The number of carbonyl (C=O) groups is 2. The van der Waals surface area contributed by atoms with Crippen LogP contribution in [0.4, 0.5) is 9.80 Å². The zero-order chi connectivity index (χ0) is 19.5. The molecule has 5 nitrogen and oxygen atoms in total. The monoisotopic (exact) mass is 395 g/mol. The Kier molecular flexibility index (Phi) is 5.30. The number of furan rings is 1. The van der Waals surface area contributed by atoms with E-state index in [0.717, 1.165) is 35.3 Å². The van der Waals surface area contributed by atoms with Crippen molar-refractivity contribution in [2.45, 2.75) is 32.8 Å². The SMILES string of the molecule is CC1CCc2c(sc(NC(=O)OCc3ccccc3)c2C(=O)c2ccco2)C1. The van der Waals surface area contributed by atoms with Gasteiger partial charge in [0.15, 0.2) is 5.76 Å². The van der Waals surface area contributed by atoms with E-state index in [9.17, 15) is 9.59 Å². The van der Waals surface area contributed by atoms with Crippen LogP contribution in [-0.4, -0.2) is 11.9 Å². The number of rotatable bonds is 5. The molecule has 28 heavy (non-hydrogen) atoms. The lowest BCUT2D eigenvalue weighted by Crippen LogP contribution is -2.16. The summed E-state index contributed by atoms with van der Waals surface area (Å²) in [5, 5.41) is 3.33. The summed E-state index contributed by atoms with van der Waals surface area (Å²) in [7, 11) is 0. The molecule has 0 saturated heterocycles. The van der Waals surface area contributed by atoms with E-state index in [4.69, 9.17) is 9.15 Å². The van der Waals surface area contributed by atoms with Crippen molar-refractivity contribution in [1.29, 1.82) is 0 Å². The Morgan fingerprint density at radius 1 is 1.21 bits per heavy atom. The van der Waals surface area contributed by atoms with Gasteiger partial charge in [0, 0.05) is 4.88 Å². The summed E-state index contributed by atoms with van der Waals surface area (Å²) in [4.78, 5) is 26.5. The van der Waals surface area contributed by atoms with Gasteiger partial charge >= 0.3 is 6.09 Å². The molecule has 0 bridgehead atoms. The lowest BCUT2D eigenvalue weighted by Gasteiger charge is -2.18. The van der Waals surface area contributed by atoms with Crippen molar-refractivity contribution in [3.8, 4) is 0 Å². The largest absolute Gasteiger partial charge is 0.461 e. The van der Waals surface area contributed by atoms with Crippen molar-refractivity contribution in [3.05, 3.63) is 76.1 Å². The van der Waals surface area contributed by atoms with Crippen molar-refractivity contribution in [1.82, 2.24) is 0 Å². The van der Waals surface area contributed by atoms with Crippen molar-refractivity contribution in [2.24, 2.45) is 5.92 Å². The van der Waals surface area contributed by atoms with Crippen LogP contribution in [0.2, 0.25) is 0 Å². The van der Waals surface area contributed by atoms with Gasteiger partial charge in [0.2, 0.25) is 5.78 Å². The third-order valence-corrected chi connectivity index (χ3v) is 6.08. The zero-order valence-electron chi connectivity index (χ0n) is 15.6. The predicted octanol–water partition coefficient (Wildman–Crippen LogP) is 5.45. The van der Waals surface area contributed by atoms with Crippen molar-refractivity contribution >= 4 is 28.2 Å². The molecule has 1 atom stereocenters. The fourth-order valence-electron chi connectivity index (χ4n) is 3.46. The summed E-state index contributed by atoms with van der Waals surface area (Å²) in [5.74, 6) is 0.644. The molecule has 1 aromatic carbocycles. The molecule has 1 amide bonds. The first-order valence-electron chi connectivity index (χ1n) is 9.32. The topological polar surface area (TPSA) is 68.5 Å². The number of benzene rings is 1. The summed E-state index contributed by atoms with van der Waals surface area (Å²) in [6.45, 7) is 2.38. The van der Waals surface area contributed by atoms with Crippen LogP contribution < -0.4 is 5.32 Å².